The van der Waals surface area contributed by atoms with Crippen LogP contribution in [0.2, 0.25) is 0 Å². The van der Waals surface area contributed by atoms with E-state index in [0.29, 0.717) is 19.6 Å². The summed E-state index contributed by atoms with van der Waals surface area (Å²) in [5, 5.41) is 18.7. The van der Waals surface area contributed by atoms with Crippen LogP contribution in [0.25, 0.3) is 0 Å². The molecule has 0 amide bonds. The first kappa shape index (κ1) is 16.8. The van der Waals surface area contributed by atoms with Gasteiger partial charge in [-0.05, 0) is 50.8 Å². The quantitative estimate of drug-likeness (QED) is 0.731. The van der Waals surface area contributed by atoms with Crippen molar-refractivity contribution < 1.29 is 19.7 Å². The zero-order valence-electron chi connectivity index (χ0n) is 12.6. The first-order valence-corrected chi connectivity index (χ1v) is 7.34. The second-order valence-corrected chi connectivity index (χ2v) is 4.74. The van der Waals surface area contributed by atoms with Crippen molar-refractivity contribution in [1.82, 2.24) is 0 Å². The Morgan fingerprint density at radius 3 is 2.35 bits per heavy atom. The molecule has 0 fully saturated rings. The Labute approximate surface area is 121 Å². The van der Waals surface area contributed by atoms with Crippen LogP contribution < -0.4 is 9.47 Å². The zero-order valence-corrected chi connectivity index (χ0v) is 12.6. The largest absolute Gasteiger partial charge is 0.494 e. The minimum atomic E-state index is -0.704. The average molecular weight is 282 g/mol. The van der Waals surface area contributed by atoms with E-state index in [1.807, 2.05) is 32.0 Å². The molecule has 0 aliphatic rings. The standard InChI is InChI=1S/C16H26O4/c1-4-12(9-13(18)11-17)15-10-14(19-5-2)7-8-16(15)20-6-3/h7-8,10,12-13,17-18H,4-6,9,11H2,1-3H3. The molecule has 0 saturated heterocycles. The molecule has 0 spiro atoms. The van der Waals surface area contributed by atoms with Gasteiger partial charge in [0.2, 0.25) is 0 Å². The molecular formula is C16H26O4. The third kappa shape index (κ3) is 4.69. The van der Waals surface area contributed by atoms with Crippen LogP contribution >= 0.6 is 0 Å². The molecule has 0 radical (unpaired) electrons. The van der Waals surface area contributed by atoms with Gasteiger partial charge in [0, 0.05) is 5.56 Å². The van der Waals surface area contributed by atoms with E-state index in [1.54, 1.807) is 0 Å². The lowest BCUT2D eigenvalue weighted by Crippen LogP contribution is -2.16. The monoisotopic (exact) mass is 282 g/mol. The molecule has 2 atom stereocenters. The fourth-order valence-electron chi connectivity index (χ4n) is 2.31. The topological polar surface area (TPSA) is 58.9 Å². The van der Waals surface area contributed by atoms with E-state index < -0.39 is 6.10 Å². The Morgan fingerprint density at radius 1 is 1.10 bits per heavy atom. The molecule has 0 saturated carbocycles. The van der Waals surface area contributed by atoms with Crippen LogP contribution in [0.5, 0.6) is 11.5 Å². The smallest absolute Gasteiger partial charge is 0.123 e. The zero-order chi connectivity index (χ0) is 15.0. The molecule has 1 aromatic carbocycles. The van der Waals surface area contributed by atoms with Crippen LogP contribution in [-0.2, 0) is 0 Å². The van der Waals surface area contributed by atoms with E-state index in [1.165, 1.54) is 0 Å². The molecule has 0 aliphatic heterocycles. The van der Waals surface area contributed by atoms with Crippen LogP contribution in [-0.4, -0.2) is 36.1 Å². The first-order valence-electron chi connectivity index (χ1n) is 7.34. The van der Waals surface area contributed by atoms with Gasteiger partial charge in [-0.1, -0.05) is 6.92 Å². The highest BCUT2D eigenvalue weighted by Gasteiger charge is 2.19. The number of ether oxygens (including phenoxy) is 2. The van der Waals surface area contributed by atoms with E-state index in [-0.39, 0.29) is 12.5 Å². The van der Waals surface area contributed by atoms with Gasteiger partial charge in [-0.3, -0.25) is 0 Å². The van der Waals surface area contributed by atoms with Crippen molar-refractivity contribution in [2.24, 2.45) is 0 Å². The van der Waals surface area contributed by atoms with Crippen molar-refractivity contribution >= 4 is 0 Å². The van der Waals surface area contributed by atoms with Gasteiger partial charge in [0.15, 0.2) is 0 Å². The van der Waals surface area contributed by atoms with Gasteiger partial charge < -0.3 is 19.7 Å². The van der Waals surface area contributed by atoms with Gasteiger partial charge in [-0.15, -0.1) is 0 Å². The van der Waals surface area contributed by atoms with Crippen LogP contribution in [0.4, 0.5) is 0 Å². The van der Waals surface area contributed by atoms with E-state index in [2.05, 4.69) is 6.92 Å². The molecule has 20 heavy (non-hydrogen) atoms. The van der Waals surface area contributed by atoms with Gasteiger partial charge in [0.1, 0.15) is 11.5 Å². The lowest BCUT2D eigenvalue weighted by Gasteiger charge is -2.22. The summed E-state index contributed by atoms with van der Waals surface area (Å²) >= 11 is 0. The molecule has 1 aromatic rings. The molecule has 4 heteroatoms. The number of hydrogen-bond donors (Lipinski definition) is 2. The predicted octanol–water partition coefficient (Wildman–Crippen LogP) is 2.72. The third-order valence-corrected chi connectivity index (χ3v) is 3.29. The van der Waals surface area contributed by atoms with E-state index in [0.717, 1.165) is 23.5 Å². The van der Waals surface area contributed by atoms with Crippen LogP contribution in [0.15, 0.2) is 18.2 Å². The molecule has 0 bridgehead atoms. The summed E-state index contributed by atoms with van der Waals surface area (Å²) in [7, 11) is 0. The van der Waals surface area contributed by atoms with Crippen molar-refractivity contribution in [2.45, 2.75) is 45.6 Å². The molecule has 114 valence electrons. The van der Waals surface area contributed by atoms with E-state index >= 15 is 0 Å². The molecule has 0 aliphatic carbocycles. The normalized spacial score (nSPS) is 13.8. The van der Waals surface area contributed by atoms with Gasteiger partial charge in [0.05, 0.1) is 25.9 Å². The van der Waals surface area contributed by atoms with E-state index in [9.17, 15) is 5.11 Å². The van der Waals surface area contributed by atoms with Gasteiger partial charge in [-0.2, -0.15) is 0 Å². The maximum atomic E-state index is 9.69. The minimum absolute atomic E-state index is 0.138. The fraction of sp³-hybridized carbons (Fsp3) is 0.625. The Balaban J connectivity index is 3.04. The SMILES string of the molecule is CCOc1ccc(OCC)c(C(CC)CC(O)CO)c1. The summed E-state index contributed by atoms with van der Waals surface area (Å²) < 4.78 is 11.2. The second kappa shape index (κ2) is 8.82. The van der Waals surface area contributed by atoms with Crippen LogP contribution in [0, 0.1) is 0 Å². The highest BCUT2D eigenvalue weighted by Crippen LogP contribution is 2.35. The molecule has 4 nitrogen and oxygen atoms in total. The summed E-state index contributed by atoms with van der Waals surface area (Å²) in [6.07, 6.45) is 0.681. The molecule has 0 aromatic heterocycles. The van der Waals surface area contributed by atoms with Crippen LogP contribution in [0.1, 0.15) is 45.1 Å². The summed E-state index contributed by atoms with van der Waals surface area (Å²) in [5.41, 5.74) is 1.04. The van der Waals surface area contributed by atoms with Crippen molar-refractivity contribution in [3.8, 4) is 11.5 Å². The predicted molar refractivity (Wildman–Crippen MR) is 79.5 cm³/mol. The Hall–Kier alpha value is -1.26. The fourth-order valence-corrected chi connectivity index (χ4v) is 2.31. The lowest BCUT2D eigenvalue weighted by atomic mass is 9.90. The highest BCUT2D eigenvalue weighted by molar-refractivity contribution is 5.42. The van der Waals surface area contributed by atoms with Crippen molar-refractivity contribution in [2.75, 3.05) is 19.8 Å². The summed E-state index contributed by atoms with van der Waals surface area (Å²) in [6.45, 7) is 6.96. The number of rotatable bonds is 9. The minimum Gasteiger partial charge on any atom is -0.494 e. The summed E-state index contributed by atoms with van der Waals surface area (Å²) in [6, 6.07) is 5.79. The number of aliphatic hydroxyl groups is 2. The van der Waals surface area contributed by atoms with Gasteiger partial charge in [0.25, 0.3) is 0 Å². The molecule has 2 N–H and O–H groups in total. The van der Waals surface area contributed by atoms with E-state index in [4.69, 9.17) is 14.6 Å². The molecule has 1 rings (SSSR count). The maximum absolute atomic E-state index is 9.69. The number of benzene rings is 1. The Morgan fingerprint density at radius 2 is 1.80 bits per heavy atom. The Bertz CT molecular complexity index is 392. The Kier molecular flexibility index (Phi) is 7.41. The highest BCUT2D eigenvalue weighted by atomic mass is 16.5. The van der Waals surface area contributed by atoms with Crippen LogP contribution in [0.3, 0.4) is 0 Å². The van der Waals surface area contributed by atoms with Crippen molar-refractivity contribution in [1.29, 1.82) is 0 Å². The maximum Gasteiger partial charge on any atom is 0.123 e. The average Bonchev–Trinajstić information content (AvgIpc) is 2.46. The summed E-state index contributed by atoms with van der Waals surface area (Å²) in [4.78, 5) is 0. The number of aliphatic hydroxyl groups excluding tert-OH is 2. The lowest BCUT2D eigenvalue weighted by molar-refractivity contribution is 0.0814. The van der Waals surface area contributed by atoms with Gasteiger partial charge >= 0.3 is 0 Å². The molecule has 0 heterocycles. The second-order valence-electron chi connectivity index (χ2n) is 4.74. The van der Waals surface area contributed by atoms with Crippen molar-refractivity contribution in [3.05, 3.63) is 23.8 Å². The number of hydrogen-bond acceptors (Lipinski definition) is 4. The molecule has 2 unspecified atom stereocenters. The molecular weight excluding hydrogens is 256 g/mol. The summed E-state index contributed by atoms with van der Waals surface area (Å²) in [5.74, 6) is 1.77. The first-order chi connectivity index (χ1) is 9.65. The third-order valence-electron chi connectivity index (χ3n) is 3.29. The van der Waals surface area contributed by atoms with Crippen molar-refractivity contribution in [3.63, 3.8) is 0 Å². The van der Waals surface area contributed by atoms with Gasteiger partial charge in [-0.25, -0.2) is 0 Å².